The van der Waals surface area contributed by atoms with Gasteiger partial charge >= 0.3 is 0 Å². The molecule has 0 spiro atoms. The zero-order chi connectivity index (χ0) is 32.4. The summed E-state index contributed by atoms with van der Waals surface area (Å²) < 4.78 is 3.16. The van der Waals surface area contributed by atoms with E-state index in [-0.39, 0.29) is 12.1 Å². The number of likely N-dealkylation sites (N-methyl/N-ethyl adjacent to an activating group) is 1. The highest BCUT2D eigenvalue weighted by Gasteiger charge is 2.22. The number of hydrogen-bond donors (Lipinski definition) is 2. The van der Waals surface area contributed by atoms with Crippen molar-refractivity contribution in [1.82, 2.24) is 29.2 Å². The molecule has 1 aliphatic heterocycles. The van der Waals surface area contributed by atoms with E-state index in [0.717, 1.165) is 31.9 Å². The third kappa shape index (κ3) is 8.79. The second kappa shape index (κ2) is 15.8. The van der Waals surface area contributed by atoms with E-state index in [1.807, 2.05) is 12.1 Å². The minimum atomic E-state index is -1.14. The van der Waals surface area contributed by atoms with Gasteiger partial charge in [-0.15, -0.1) is 6.58 Å². The van der Waals surface area contributed by atoms with Crippen LogP contribution in [0.15, 0.2) is 66.1 Å². The Bertz CT molecular complexity index is 1570. The molecular formula is C35H50N8O2. The van der Waals surface area contributed by atoms with Crippen LogP contribution in [0.25, 0.3) is 16.9 Å². The van der Waals surface area contributed by atoms with Crippen molar-refractivity contribution in [1.29, 1.82) is 0 Å². The molecule has 0 bridgehead atoms. The molecule has 4 heterocycles. The average Bonchev–Trinajstić information content (AvgIpc) is 3.30. The molecule has 1 aliphatic rings. The topological polar surface area (TPSA) is 104 Å². The van der Waals surface area contributed by atoms with Crippen LogP contribution in [0.3, 0.4) is 0 Å². The molecule has 0 atom stereocenters. The Hall–Kier alpha value is -4.02. The van der Waals surface area contributed by atoms with Crippen LogP contribution in [0.5, 0.6) is 0 Å². The Morgan fingerprint density at radius 3 is 2.22 bits per heavy atom. The molecule has 1 fully saturated rings. The van der Waals surface area contributed by atoms with E-state index in [0.29, 0.717) is 28.5 Å². The number of nitrogens with zero attached hydrogens (tertiary/aromatic N) is 7. The molecule has 1 aromatic carbocycles. The van der Waals surface area contributed by atoms with Gasteiger partial charge in [-0.2, -0.15) is 4.98 Å². The molecule has 0 aliphatic carbocycles. The first-order valence-corrected chi connectivity index (χ1v) is 16.3. The number of unbranched alkanes of at least 4 members (excludes halogenated alkanes) is 5. The normalized spacial score (nSPS) is 13.9. The molecule has 2 N–H and O–H groups in total. The minimum absolute atomic E-state index is 0.242. The number of pyridine rings is 1. The van der Waals surface area contributed by atoms with Gasteiger partial charge in [0.05, 0.1) is 12.2 Å². The van der Waals surface area contributed by atoms with Gasteiger partial charge in [-0.3, -0.25) is 4.79 Å². The lowest BCUT2D eigenvalue weighted by Gasteiger charge is -2.34. The number of allylic oxidation sites excluding steroid dienone is 1. The second-order valence-electron chi connectivity index (χ2n) is 12.2. The van der Waals surface area contributed by atoms with E-state index in [1.165, 1.54) is 55.1 Å². The Kier molecular flexibility index (Phi) is 11.9. The molecule has 3 aromatic heterocycles. The number of benzene rings is 1. The van der Waals surface area contributed by atoms with Crippen LogP contribution >= 0.6 is 0 Å². The van der Waals surface area contributed by atoms with E-state index >= 15 is 0 Å². The number of piperazine rings is 1. The van der Waals surface area contributed by atoms with Crippen molar-refractivity contribution in [3.05, 3.63) is 77.4 Å². The van der Waals surface area contributed by atoms with Crippen LogP contribution in [-0.2, 0) is 12.1 Å². The monoisotopic (exact) mass is 614 g/mol. The second-order valence-corrected chi connectivity index (χ2v) is 12.2. The van der Waals surface area contributed by atoms with Crippen LogP contribution < -0.4 is 15.8 Å². The molecule has 10 nitrogen and oxygen atoms in total. The molecule has 4 aromatic rings. The molecule has 242 valence electrons. The molecular weight excluding hydrogens is 564 g/mol. The van der Waals surface area contributed by atoms with Crippen molar-refractivity contribution in [2.45, 2.75) is 78.4 Å². The lowest BCUT2D eigenvalue weighted by atomic mass is 10.1. The standard InChI is InChI=1S/C27H32N8O2.C8H18/c1-5-13-34-25(36)21-18-28-26(29-19-9-11-20(12-10-19)33-16-14-32(4)15-17-33)31-24(21)35(34)23-8-6-7-22(30-23)27(2,3)37;1-3-5-7-8-6-4-2/h5-12,18,37H,1,13-17H2,2-4H3,(H,28,29,31);3-8H2,1-2H3. The summed E-state index contributed by atoms with van der Waals surface area (Å²) in [5.74, 6) is 0.831. The number of aliphatic hydroxyl groups is 1. The fourth-order valence-electron chi connectivity index (χ4n) is 5.29. The summed E-state index contributed by atoms with van der Waals surface area (Å²) in [6.45, 7) is 16.0. The van der Waals surface area contributed by atoms with Gasteiger partial charge < -0.3 is 20.2 Å². The molecule has 0 radical (unpaired) electrons. The molecule has 10 heteroatoms. The highest BCUT2D eigenvalue weighted by Crippen LogP contribution is 2.23. The molecule has 45 heavy (non-hydrogen) atoms. The summed E-state index contributed by atoms with van der Waals surface area (Å²) in [7, 11) is 2.15. The quantitative estimate of drug-likeness (QED) is 0.143. The number of rotatable bonds is 12. The fraction of sp³-hybridized carbons (Fsp3) is 0.486. The Morgan fingerprint density at radius 2 is 1.62 bits per heavy atom. The summed E-state index contributed by atoms with van der Waals surface area (Å²) in [6, 6.07) is 13.5. The summed E-state index contributed by atoms with van der Waals surface area (Å²) >= 11 is 0. The third-order valence-corrected chi connectivity index (χ3v) is 8.00. The number of aromatic nitrogens is 5. The molecule has 1 saturated heterocycles. The summed E-state index contributed by atoms with van der Waals surface area (Å²) in [6.07, 6.45) is 11.7. The van der Waals surface area contributed by atoms with E-state index in [2.05, 4.69) is 64.7 Å². The Balaban J connectivity index is 0.000000510. The third-order valence-electron chi connectivity index (χ3n) is 8.00. The van der Waals surface area contributed by atoms with Crippen LogP contribution in [0.2, 0.25) is 0 Å². The summed E-state index contributed by atoms with van der Waals surface area (Å²) in [4.78, 5) is 31.6. The maximum Gasteiger partial charge on any atom is 0.278 e. The number of hydrogen-bond acceptors (Lipinski definition) is 8. The number of anilines is 3. The maximum absolute atomic E-state index is 13.2. The highest BCUT2D eigenvalue weighted by molar-refractivity contribution is 5.77. The Labute approximate surface area is 267 Å². The average molecular weight is 615 g/mol. The zero-order valence-electron chi connectivity index (χ0n) is 27.7. The van der Waals surface area contributed by atoms with Crippen molar-refractivity contribution < 1.29 is 5.11 Å². The first-order valence-electron chi connectivity index (χ1n) is 16.3. The smallest absolute Gasteiger partial charge is 0.278 e. The predicted octanol–water partition coefficient (Wildman–Crippen LogP) is 6.25. The zero-order valence-corrected chi connectivity index (χ0v) is 27.7. The molecule has 0 saturated carbocycles. The predicted molar refractivity (Wildman–Crippen MR) is 185 cm³/mol. The van der Waals surface area contributed by atoms with Gasteiger partial charge in [0.15, 0.2) is 11.5 Å². The Morgan fingerprint density at radius 1 is 0.956 bits per heavy atom. The van der Waals surface area contributed by atoms with E-state index < -0.39 is 5.60 Å². The fourth-order valence-corrected chi connectivity index (χ4v) is 5.29. The van der Waals surface area contributed by atoms with Gasteiger partial charge in [0, 0.05) is 43.8 Å². The van der Waals surface area contributed by atoms with Gasteiger partial charge in [-0.25, -0.2) is 19.3 Å². The van der Waals surface area contributed by atoms with Gasteiger partial charge in [-0.1, -0.05) is 64.5 Å². The molecule has 5 rings (SSSR count). The van der Waals surface area contributed by atoms with E-state index in [9.17, 15) is 9.90 Å². The van der Waals surface area contributed by atoms with E-state index in [1.54, 1.807) is 42.8 Å². The van der Waals surface area contributed by atoms with Gasteiger partial charge in [0.1, 0.15) is 11.0 Å². The van der Waals surface area contributed by atoms with Gasteiger partial charge in [0.2, 0.25) is 5.95 Å². The first kappa shape index (κ1) is 33.9. The summed E-state index contributed by atoms with van der Waals surface area (Å²) in [5, 5.41) is 14.1. The van der Waals surface area contributed by atoms with Crippen LogP contribution in [0, 0.1) is 0 Å². The maximum atomic E-state index is 13.2. The first-order chi connectivity index (χ1) is 21.7. The van der Waals surface area contributed by atoms with E-state index in [4.69, 9.17) is 4.98 Å². The SMILES string of the molecule is C=CCn1c(=O)c2cnc(Nc3ccc(N4CCN(C)CC4)cc3)nc2n1-c1cccc(C(C)(C)O)n1.CCCCCCCC. The number of fused-ring (bicyclic) bond motifs is 1. The molecule has 0 unspecified atom stereocenters. The van der Waals surface area contributed by atoms with Crippen LogP contribution in [0.4, 0.5) is 17.3 Å². The lowest BCUT2D eigenvalue weighted by molar-refractivity contribution is 0.0738. The minimum Gasteiger partial charge on any atom is -0.384 e. The van der Waals surface area contributed by atoms with Crippen molar-refractivity contribution in [2.24, 2.45) is 0 Å². The van der Waals surface area contributed by atoms with Crippen molar-refractivity contribution >= 4 is 28.4 Å². The van der Waals surface area contributed by atoms with Crippen LogP contribution in [0.1, 0.15) is 71.9 Å². The largest absolute Gasteiger partial charge is 0.384 e. The number of nitrogens with one attached hydrogen (secondary N) is 1. The van der Waals surface area contributed by atoms with Gasteiger partial charge in [-0.05, 0) is 57.3 Å². The summed E-state index contributed by atoms with van der Waals surface area (Å²) in [5.41, 5.74) is 1.55. The molecule has 0 amide bonds. The van der Waals surface area contributed by atoms with Gasteiger partial charge in [0.25, 0.3) is 5.56 Å². The van der Waals surface area contributed by atoms with Crippen molar-refractivity contribution in [2.75, 3.05) is 43.4 Å². The van der Waals surface area contributed by atoms with Crippen molar-refractivity contribution in [3.63, 3.8) is 0 Å². The lowest BCUT2D eigenvalue weighted by Crippen LogP contribution is -2.44. The highest BCUT2D eigenvalue weighted by atomic mass is 16.3. The van der Waals surface area contributed by atoms with Crippen LogP contribution in [-0.4, -0.2) is 67.5 Å². The van der Waals surface area contributed by atoms with Crippen molar-refractivity contribution in [3.8, 4) is 5.82 Å².